The molecule has 2 aromatic heterocycles. The molecule has 2 heterocycles. The number of nitrogens with one attached hydrogen (secondary N) is 2. The molecule has 6 nitrogen and oxygen atoms in total. The average molecular weight is 323 g/mol. The van der Waals surface area contributed by atoms with Gasteiger partial charge in [0.15, 0.2) is 5.82 Å². The molecule has 0 amide bonds. The van der Waals surface area contributed by atoms with Gasteiger partial charge in [0.25, 0.3) is 0 Å². The molecule has 0 radical (unpaired) electrons. The first-order valence-electron chi connectivity index (χ1n) is 7.99. The Morgan fingerprint density at radius 3 is 2.50 bits per heavy atom. The van der Waals surface area contributed by atoms with Crippen LogP contribution >= 0.6 is 0 Å². The summed E-state index contributed by atoms with van der Waals surface area (Å²) in [4.78, 5) is 9.11. The molecular formula is C18H21N5O. The molecule has 24 heavy (non-hydrogen) atoms. The van der Waals surface area contributed by atoms with E-state index in [0.29, 0.717) is 17.7 Å². The molecule has 0 atom stereocenters. The fourth-order valence-electron chi connectivity index (χ4n) is 2.20. The van der Waals surface area contributed by atoms with Gasteiger partial charge in [-0.1, -0.05) is 49.3 Å². The predicted octanol–water partition coefficient (Wildman–Crippen LogP) is 4.25. The van der Waals surface area contributed by atoms with Crippen LogP contribution in [0.4, 0.5) is 17.6 Å². The Bertz CT molecular complexity index is 798. The Labute approximate surface area is 141 Å². The predicted molar refractivity (Wildman–Crippen MR) is 95.3 cm³/mol. The van der Waals surface area contributed by atoms with Crippen molar-refractivity contribution >= 4 is 17.6 Å². The van der Waals surface area contributed by atoms with Crippen LogP contribution in [-0.4, -0.2) is 21.7 Å². The van der Waals surface area contributed by atoms with E-state index < -0.39 is 0 Å². The quantitative estimate of drug-likeness (QED) is 0.706. The van der Waals surface area contributed by atoms with Gasteiger partial charge in [-0.15, -0.1) is 0 Å². The lowest BCUT2D eigenvalue weighted by Gasteiger charge is -2.11. The first-order valence-corrected chi connectivity index (χ1v) is 7.99. The lowest BCUT2D eigenvalue weighted by atomic mass is 10.1. The molecule has 1 aromatic carbocycles. The fraction of sp³-hybridized carbons (Fsp3) is 0.278. The maximum absolute atomic E-state index is 5.08. The smallest absolute Gasteiger partial charge is 0.231 e. The SMILES string of the molecule is Cc1cc(Nc2nc(NCC(C)C)cc(-c3ccccc3)n2)no1. The Hall–Kier alpha value is -2.89. The average Bonchev–Trinajstić information content (AvgIpc) is 2.98. The monoisotopic (exact) mass is 323 g/mol. The topological polar surface area (TPSA) is 75.9 Å². The molecule has 124 valence electrons. The van der Waals surface area contributed by atoms with Crippen molar-refractivity contribution in [3.8, 4) is 11.3 Å². The summed E-state index contributed by atoms with van der Waals surface area (Å²) in [5, 5.41) is 10.4. The molecule has 0 spiro atoms. The standard InChI is InChI=1S/C18H21N5O/c1-12(2)11-19-16-10-15(14-7-5-4-6-8-14)20-18(21-16)22-17-9-13(3)24-23-17/h4-10,12H,11H2,1-3H3,(H2,19,20,21,22,23). The van der Waals surface area contributed by atoms with E-state index >= 15 is 0 Å². The van der Waals surface area contributed by atoms with Crippen LogP contribution in [0.1, 0.15) is 19.6 Å². The van der Waals surface area contributed by atoms with Gasteiger partial charge >= 0.3 is 0 Å². The van der Waals surface area contributed by atoms with Gasteiger partial charge in [-0.3, -0.25) is 0 Å². The van der Waals surface area contributed by atoms with E-state index in [1.54, 1.807) is 6.07 Å². The largest absolute Gasteiger partial charge is 0.370 e. The Morgan fingerprint density at radius 1 is 1.04 bits per heavy atom. The van der Waals surface area contributed by atoms with Crippen LogP contribution in [-0.2, 0) is 0 Å². The zero-order chi connectivity index (χ0) is 16.9. The summed E-state index contributed by atoms with van der Waals surface area (Å²) >= 11 is 0. The summed E-state index contributed by atoms with van der Waals surface area (Å²) in [6.45, 7) is 7.00. The number of aromatic nitrogens is 3. The van der Waals surface area contributed by atoms with Gasteiger partial charge in [-0.05, 0) is 12.8 Å². The molecule has 2 N–H and O–H groups in total. The molecule has 3 rings (SSSR count). The molecule has 0 fully saturated rings. The van der Waals surface area contributed by atoms with E-state index in [9.17, 15) is 0 Å². The van der Waals surface area contributed by atoms with E-state index in [-0.39, 0.29) is 0 Å². The van der Waals surface area contributed by atoms with Gasteiger partial charge in [0.2, 0.25) is 5.95 Å². The van der Waals surface area contributed by atoms with Crippen LogP contribution in [0.15, 0.2) is 47.0 Å². The van der Waals surface area contributed by atoms with E-state index in [0.717, 1.165) is 29.4 Å². The third-order valence-corrected chi connectivity index (χ3v) is 3.35. The highest BCUT2D eigenvalue weighted by Gasteiger charge is 2.09. The van der Waals surface area contributed by atoms with Crippen molar-refractivity contribution in [1.82, 2.24) is 15.1 Å². The number of rotatable bonds is 6. The highest BCUT2D eigenvalue weighted by Crippen LogP contribution is 2.23. The van der Waals surface area contributed by atoms with Crippen molar-refractivity contribution in [2.45, 2.75) is 20.8 Å². The number of aryl methyl sites for hydroxylation is 1. The number of anilines is 3. The van der Waals surface area contributed by atoms with E-state index in [1.807, 2.05) is 43.3 Å². The molecule has 0 aliphatic heterocycles. The number of hydrogen-bond acceptors (Lipinski definition) is 6. The van der Waals surface area contributed by atoms with Crippen molar-refractivity contribution in [3.63, 3.8) is 0 Å². The second-order valence-electron chi connectivity index (χ2n) is 6.05. The number of nitrogens with zero attached hydrogens (tertiary/aromatic N) is 3. The van der Waals surface area contributed by atoms with E-state index in [4.69, 9.17) is 4.52 Å². The maximum Gasteiger partial charge on any atom is 0.231 e. The van der Waals surface area contributed by atoms with Gasteiger partial charge in [0.1, 0.15) is 11.6 Å². The summed E-state index contributed by atoms with van der Waals surface area (Å²) in [5.41, 5.74) is 1.88. The van der Waals surface area contributed by atoms with Gasteiger partial charge in [-0.2, -0.15) is 4.98 Å². The minimum Gasteiger partial charge on any atom is -0.370 e. The number of hydrogen-bond donors (Lipinski definition) is 2. The van der Waals surface area contributed by atoms with Gasteiger partial charge in [-0.25, -0.2) is 4.98 Å². The summed E-state index contributed by atoms with van der Waals surface area (Å²) in [6.07, 6.45) is 0. The Kier molecular flexibility index (Phi) is 4.74. The minimum atomic E-state index is 0.482. The van der Waals surface area contributed by atoms with Crippen molar-refractivity contribution in [1.29, 1.82) is 0 Å². The van der Waals surface area contributed by atoms with Crippen LogP contribution in [0.3, 0.4) is 0 Å². The zero-order valence-corrected chi connectivity index (χ0v) is 14.1. The van der Waals surface area contributed by atoms with Crippen molar-refractivity contribution in [2.24, 2.45) is 5.92 Å². The van der Waals surface area contributed by atoms with Crippen LogP contribution in [0.25, 0.3) is 11.3 Å². The number of benzene rings is 1. The lowest BCUT2D eigenvalue weighted by molar-refractivity contribution is 0.400. The molecule has 0 aliphatic rings. The maximum atomic E-state index is 5.08. The molecule has 0 bridgehead atoms. The second kappa shape index (κ2) is 7.12. The van der Waals surface area contributed by atoms with Crippen molar-refractivity contribution < 1.29 is 4.52 Å². The summed E-state index contributed by atoms with van der Waals surface area (Å²) in [5.74, 6) is 3.10. The van der Waals surface area contributed by atoms with Crippen LogP contribution in [0, 0.1) is 12.8 Å². The molecule has 0 saturated heterocycles. The summed E-state index contributed by atoms with van der Waals surface area (Å²) in [6, 6.07) is 13.8. The van der Waals surface area contributed by atoms with E-state index in [2.05, 4.69) is 39.6 Å². The minimum absolute atomic E-state index is 0.482. The Morgan fingerprint density at radius 2 is 1.83 bits per heavy atom. The lowest BCUT2D eigenvalue weighted by Crippen LogP contribution is -2.10. The van der Waals surface area contributed by atoms with Crippen LogP contribution in [0.5, 0.6) is 0 Å². The molecular weight excluding hydrogens is 302 g/mol. The molecule has 3 aromatic rings. The van der Waals surface area contributed by atoms with Crippen molar-refractivity contribution in [2.75, 3.05) is 17.2 Å². The van der Waals surface area contributed by atoms with Crippen LogP contribution in [0.2, 0.25) is 0 Å². The first-order chi connectivity index (χ1) is 11.6. The highest BCUT2D eigenvalue weighted by molar-refractivity contribution is 5.65. The van der Waals surface area contributed by atoms with Crippen molar-refractivity contribution in [3.05, 3.63) is 48.2 Å². The van der Waals surface area contributed by atoms with Gasteiger partial charge in [0.05, 0.1) is 5.69 Å². The van der Waals surface area contributed by atoms with Crippen LogP contribution < -0.4 is 10.6 Å². The zero-order valence-electron chi connectivity index (χ0n) is 14.1. The molecule has 0 aliphatic carbocycles. The third-order valence-electron chi connectivity index (χ3n) is 3.35. The summed E-state index contributed by atoms with van der Waals surface area (Å²) in [7, 11) is 0. The van der Waals surface area contributed by atoms with E-state index in [1.165, 1.54) is 0 Å². The summed E-state index contributed by atoms with van der Waals surface area (Å²) < 4.78 is 5.08. The Balaban J connectivity index is 1.92. The van der Waals surface area contributed by atoms with Gasteiger partial charge in [0, 0.05) is 24.2 Å². The second-order valence-corrected chi connectivity index (χ2v) is 6.05. The fourth-order valence-corrected chi connectivity index (χ4v) is 2.20. The molecule has 6 heteroatoms. The molecule has 0 saturated carbocycles. The first kappa shape index (κ1) is 16.0. The third kappa shape index (κ3) is 4.10. The molecule has 0 unspecified atom stereocenters. The normalized spacial score (nSPS) is 10.8. The van der Waals surface area contributed by atoms with Gasteiger partial charge < -0.3 is 15.2 Å². The highest BCUT2D eigenvalue weighted by atomic mass is 16.5.